The molecule has 0 aromatic carbocycles. The highest BCUT2D eigenvalue weighted by Crippen LogP contribution is 2.23. The van der Waals surface area contributed by atoms with Crippen LogP contribution in [0.25, 0.3) is 0 Å². The molecule has 3 amide bonds. The van der Waals surface area contributed by atoms with Crippen LogP contribution in [-0.4, -0.2) is 64.5 Å². The Morgan fingerprint density at radius 3 is 2.83 bits per heavy atom. The van der Waals surface area contributed by atoms with E-state index in [1.165, 1.54) is 0 Å². The summed E-state index contributed by atoms with van der Waals surface area (Å²) >= 11 is 5.31. The molecule has 0 bridgehead atoms. The maximum Gasteiger partial charge on any atom is 0.251 e. The van der Waals surface area contributed by atoms with E-state index in [0.717, 1.165) is 32.2 Å². The van der Waals surface area contributed by atoms with Crippen molar-refractivity contribution in [2.45, 2.75) is 45.4 Å². The fourth-order valence-corrected chi connectivity index (χ4v) is 4.01. The number of allylic oxidation sites excluding steroid dienone is 1. The van der Waals surface area contributed by atoms with Crippen molar-refractivity contribution < 1.29 is 14.4 Å². The lowest BCUT2D eigenvalue weighted by Gasteiger charge is -2.30. The number of likely N-dealkylation sites (tertiary alicyclic amines) is 1. The molecule has 1 saturated heterocycles. The van der Waals surface area contributed by atoms with Gasteiger partial charge in [-0.3, -0.25) is 19.3 Å². The molecule has 156 valence electrons. The predicted octanol–water partition coefficient (Wildman–Crippen LogP) is 1.99. The molecule has 8 heteroatoms. The van der Waals surface area contributed by atoms with Gasteiger partial charge in [0.05, 0.1) is 11.6 Å². The molecule has 0 aromatic rings. The second kappa shape index (κ2) is 9.91. The molecule has 3 rings (SSSR count). The fourth-order valence-electron chi connectivity index (χ4n) is 3.72. The first-order chi connectivity index (χ1) is 14.0. The van der Waals surface area contributed by atoms with Gasteiger partial charge in [0.25, 0.3) is 5.91 Å². The normalized spacial score (nSPS) is 21.3. The molecule has 1 atom stereocenters. The minimum absolute atomic E-state index is 0.0710. The van der Waals surface area contributed by atoms with E-state index >= 15 is 0 Å². The minimum Gasteiger partial charge on any atom is -0.352 e. The maximum absolute atomic E-state index is 12.7. The van der Waals surface area contributed by atoms with Gasteiger partial charge in [0.15, 0.2) is 0 Å². The van der Waals surface area contributed by atoms with Crippen molar-refractivity contribution >= 4 is 40.8 Å². The topological polar surface area (TPSA) is 82.1 Å². The van der Waals surface area contributed by atoms with Gasteiger partial charge in [0.2, 0.25) is 16.9 Å². The molecule has 2 heterocycles. The van der Waals surface area contributed by atoms with Crippen molar-refractivity contribution in [1.82, 2.24) is 15.1 Å². The number of aliphatic imine (C=N–C) groups is 1. The summed E-state index contributed by atoms with van der Waals surface area (Å²) in [5.74, 6) is -0.557. The van der Waals surface area contributed by atoms with Crippen LogP contribution in [0.4, 0.5) is 0 Å². The Balaban J connectivity index is 1.53. The van der Waals surface area contributed by atoms with Gasteiger partial charge in [-0.2, -0.15) is 0 Å². The Morgan fingerprint density at radius 1 is 1.28 bits per heavy atom. The highest BCUT2D eigenvalue weighted by Gasteiger charge is 2.34. The molecule has 0 spiro atoms. The Hall–Kier alpha value is -2.35. The van der Waals surface area contributed by atoms with Crippen LogP contribution in [0.3, 0.4) is 0 Å². The number of unbranched alkanes of at least 4 members (excludes halogenated alkanes) is 2. The van der Waals surface area contributed by atoms with Crippen LogP contribution < -0.4 is 5.32 Å². The van der Waals surface area contributed by atoms with Crippen LogP contribution in [0.1, 0.15) is 45.4 Å². The average Bonchev–Trinajstić information content (AvgIpc) is 3.12. The van der Waals surface area contributed by atoms with Crippen LogP contribution in [0.15, 0.2) is 28.8 Å². The summed E-state index contributed by atoms with van der Waals surface area (Å²) in [6.07, 6.45) is 10.3. The Labute approximate surface area is 176 Å². The third-order valence-corrected chi connectivity index (χ3v) is 5.70. The third kappa shape index (κ3) is 5.18. The van der Waals surface area contributed by atoms with Crippen LogP contribution in [-0.2, 0) is 14.4 Å². The van der Waals surface area contributed by atoms with Gasteiger partial charge in [-0.05, 0) is 37.6 Å². The van der Waals surface area contributed by atoms with Gasteiger partial charge in [-0.15, -0.1) is 0 Å². The first-order valence-corrected chi connectivity index (χ1v) is 10.8. The highest BCUT2D eigenvalue weighted by atomic mass is 32.1. The number of rotatable bonds is 9. The van der Waals surface area contributed by atoms with Gasteiger partial charge in [-0.25, -0.2) is 4.99 Å². The van der Waals surface area contributed by atoms with E-state index in [2.05, 4.69) is 17.2 Å². The highest BCUT2D eigenvalue weighted by molar-refractivity contribution is 7.80. The summed E-state index contributed by atoms with van der Waals surface area (Å²) in [6.45, 7) is 4.67. The van der Waals surface area contributed by atoms with E-state index in [1.807, 2.05) is 4.90 Å². The molecule has 1 fully saturated rings. The average molecular weight is 417 g/mol. The smallest absolute Gasteiger partial charge is 0.251 e. The minimum atomic E-state index is -0.471. The zero-order chi connectivity index (χ0) is 20.8. The van der Waals surface area contributed by atoms with E-state index in [4.69, 9.17) is 12.2 Å². The number of nitrogens with zero attached hydrogens (tertiary/aromatic N) is 3. The van der Waals surface area contributed by atoms with Crippen LogP contribution >= 0.6 is 12.2 Å². The first kappa shape index (κ1) is 21.4. The molecule has 7 nitrogen and oxygen atoms in total. The van der Waals surface area contributed by atoms with Crippen molar-refractivity contribution in [3.8, 4) is 0 Å². The fraction of sp³-hybridized carbons (Fsp3) is 0.571. The number of thiocarbonyl (C=S) groups is 1. The third-order valence-electron chi connectivity index (χ3n) is 5.39. The number of carbonyl (C=O) groups is 3. The van der Waals surface area contributed by atoms with Crippen LogP contribution in [0, 0.1) is 5.92 Å². The van der Waals surface area contributed by atoms with E-state index < -0.39 is 5.92 Å². The van der Waals surface area contributed by atoms with E-state index in [1.54, 1.807) is 23.1 Å². The van der Waals surface area contributed by atoms with Crippen LogP contribution in [0.2, 0.25) is 0 Å². The number of nitrogens with one attached hydrogen (secondary N) is 1. The summed E-state index contributed by atoms with van der Waals surface area (Å²) in [6, 6.07) is 0. The zero-order valence-electron chi connectivity index (χ0n) is 16.9. The lowest BCUT2D eigenvalue weighted by atomic mass is 9.91. The standard InChI is InChI=1S/C21H28N4O3S/c1-2-3-4-13-25-20(28)16-9-8-15(14-17(16)23-21(25)29)19(27)22-10-6-12-24-11-5-7-18(24)26/h8-9,14,16H,2-7,10-13H2,1H3,(H,22,27). The van der Waals surface area contributed by atoms with Gasteiger partial charge >= 0.3 is 0 Å². The quantitative estimate of drug-likeness (QED) is 0.460. The predicted molar refractivity (Wildman–Crippen MR) is 115 cm³/mol. The molecule has 1 unspecified atom stereocenters. The molecule has 29 heavy (non-hydrogen) atoms. The molecular formula is C21H28N4O3S. The maximum atomic E-state index is 12.7. The molecule has 3 aliphatic rings. The summed E-state index contributed by atoms with van der Waals surface area (Å²) < 4.78 is 0. The first-order valence-electron chi connectivity index (χ1n) is 10.4. The van der Waals surface area contributed by atoms with Crippen LogP contribution in [0.5, 0.6) is 0 Å². The Kier molecular flexibility index (Phi) is 7.30. The van der Waals surface area contributed by atoms with Crippen molar-refractivity contribution in [1.29, 1.82) is 0 Å². The van der Waals surface area contributed by atoms with E-state index in [0.29, 0.717) is 43.8 Å². The molecular weight excluding hydrogens is 388 g/mol. The lowest BCUT2D eigenvalue weighted by Crippen LogP contribution is -2.46. The molecule has 0 radical (unpaired) electrons. The van der Waals surface area contributed by atoms with E-state index in [-0.39, 0.29) is 22.8 Å². The second-order valence-electron chi connectivity index (χ2n) is 7.55. The number of fused-ring (bicyclic) bond motifs is 1. The van der Waals surface area contributed by atoms with Crippen molar-refractivity contribution in [3.63, 3.8) is 0 Å². The SMILES string of the molecule is CCCCCN1C(=O)C2C=CC(C(=O)NCCCN3CCCC3=O)=CC2=NC1=S. The van der Waals surface area contributed by atoms with Crippen molar-refractivity contribution in [3.05, 3.63) is 23.8 Å². The number of hydrogen-bond donors (Lipinski definition) is 1. The Morgan fingerprint density at radius 2 is 2.10 bits per heavy atom. The number of hydrogen-bond acceptors (Lipinski definition) is 4. The van der Waals surface area contributed by atoms with E-state index in [9.17, 15) is 14.4 Å². The van der Waals surface area contributed by atoms with Gasteiger partial charge in [0, 0.05) is 38.2 Å². The van der Waals surface area contributed by atoms with Gasteiger partial charge in [-0.1, -0.05) is 31.9 Å². The van der Waals surface area contributed by atoms with Gasteiger partial charge in [0.1, 0.15) is 0 Å². The lowest BCUT2D eigenvalue weighted by molar-refractivity contribution is -0.129. The second-order valence-corrected chi connectivity index (χ2v) is 7.91. The number of amides is 3. The number of carbonyl (C=O) groups excluding carboxylic acids is 3. The molecule has 1 N–H and O–H groups in total. The zero-order valence-corrected chi connectivity index (χ0v) is 17.7. The van der Waals surface area contributed by atoms with Crippen molar-refractivity contribution in [2.75, 3.05) is 26.2 Å². The molecule has 0 aromatic heterocycles. The van der Waals surface area contributed by atoms with Crippen molar-refractivity contribution in [2.24, 2.45) is 10.9 Å². The Bertz CT molecular complexity index is 787. The molecule has 1 aliphatic carbocycles. The monoisotopic (exact) mass is 416 g/mol. The molecule has 2 aliphatic heterocycles. The largest absolute Gasteiger partial charge is 0.352 e. The summed E-state index contributed by atoms with van der Waals surface area (Å²) in [4.78, 5) is 44.6. The molecule has 0 saturated carbocycles. The summed E-state index contributed by atoms with van der Waals surface area (Å²) in [5, 5.41) is 3.15. The summed E-state index contributed by atoms with van der Waals surface area (Å²) in [5.41, 5.74) is 0.995. The summed E-state index contributed by atoms with van der Waals surface area (Å²) in [7, 11) is 0. The van der Waals surface area contributed by atoms with Gasteiger partial charge < -0.3 is 10.2 Å².